The lowest BCUT2D eigenvalue weighted by Crippen LogP contribution is -2.06. The minimum Gasteiger partial charge on any atom is -0.368 e. The zero-order valence-electron chi connectivity index (χ0n) is 15.1. The Morgan fingerprint density at radius 3 is 2.27 bits per heavy atom. The van der Waals surface area contributed by atoms with Crippen LogP contribution in [-0.2, 0) is 6.42 Å². The van der Waals surface area contributed by atoms with Crippen LogP contribution in [0.3, 0.4) is 0 Å². The lowest BCUT2D eigenvalue weighted by atomic mass is 9.99. The van der Waals surface area contributed by atoms with Crippen molar-refractivity contribution in [2.24, 2.45) is 0 Å². The average molecular weight is 344 g/mol. The number of pyridine rings is 1. The fourth-order valence-electron chi connectivity index (χ4n) is 3.20. The molecule has 130 valence electrons. The van der Waals surface area contributed by atoms with Crippen molar-refractivity contribution in [1.82, 2.24) is 24.6 Å². The van der Waals surface area contributed by atoms with Gasteiger partial charge in [-0.25, -0.2) is 9.97 Å². The number of nitrogens with zero attached hydrogens (tertiary/aromatic N) is 5. The SMILES string of the molecule is CCc1nc2c(-c3cc(C)nc(C)c3)c(-c3ccccc3)nc(N)n2n1. The molecule has 26 heavy (non-hydrogen) atoms. The van der Waals surface area contributed by atoms with Crippen LogP contribution in [0.25, 0.3) is 28.0 Å². The molecule has 0 aliphatic carbocycles. The predicted molar refractivity (Wildman–Crippen MR) is 103 cm³/mol. The summed E-state index contributed by atoms with van der Waals surface area (Å²) in [5.74, 6) is 1.07. The molecule has 0 amide bonds. The standard InChI is InChI=1S/C20H20N6/c1-4-16-23-19-17(15-10-12(2)22-13(3)11-15)18(14-8-6-5-7-9-14)24-20(21)26(19)25-16/h5-11H,4H2,1-3H3,(H2,21,24). The zero-order chi connectivity index (χ0) is 18.3. The van der Waals surface area contributed by atoms with Crippen LogP contribution in [0.5, 0.6) is 0 Å². The number of hydrogen-bond donors (Lipinski definition) is 1. The van der Waals surface area contributed by atoms with Gasteiger partial charge in [-0.1, -0.05) is 37.3 Å². The molecule has 3 aromatic heterocycles. The summed E-state index contributed by atoms with van der Waals surface area (Å²) in [4.78, 5) is 13.9. The zero-order valence-corrected chi connectivity index (χ0v) is 15.1. The monoisotopic (exact) mass is 344 g/mol. The molecular formula is C20H20N6. The summed E-state index contributed by atoms with van der Waals surface area (Å²) in [5, 5.41) is 4.50. The van der Waals surface area contributed by atoms with Gasteiger partial charge in [0, 0.05) is 23.4 Å². The largest absolute Gasteiger partial charge is 0.368 e. The molecule has 0 atom stereocenters. The summed E-state index contributed by atoms with van der Waals surface area (Å²) in [6, 6.07) is 14.1. The smallest absolute Gasteiger partial charge is 0.223 e. The highest BCUT2D eigenvalue weighted by Gasteiger charge is 2.20. The van der Waals surface area contributed by atoms with Crippen molar-refractivity contribution >= 4 is 11.6 Å². The molecule has 2 N–H and O–H groups in total. The van der Waals surface area contributed by atoms with E-state index in [9.17, 15) is 0 Å². The van der Waals surface area contributed by atoms with Crippen molar-refractivity contribution in [3.63, 3.8) is 0 Å². The summed E-state index contributed by atoms with van der Waals surface area (Å²) in [5.41, 5.74) is 12.6. The summed E-state index contributed by atoms with van der Waals surface area (Å²) < 4.78 is 1.63. The van der Waals surface area contributed by atoms with Crippen molar-refractivity contribution < 1.29 is 0 Å². The van der Waals surface area contributed by atoms with E-state index in [0.717, 1.165) is 51.7 Å². The third kappa shape index (κ3) is 2.69. The first-order valence-corrected chi connectivity index (χ1v) is 8.63. The molecule has 4 rings (SSSR count). The Morgan fingerprint density at radius 2 is 1.62 bits per heavy atom. The Labute approximate surface area is 151 Å². The molecule has 0 radical (unpaired) electrons. The van der Waals surface area contributed by atoms with Crippen molar-refractivity contribution in [3.8, 4) is 22.4 Å². The van der Waals surface area contributed by atoms with Crippen molar-refractivity contribution in [1.29, 1.82) is 0 Å². The maximum Gasteiger partial charge on any atom is 0.223 e. The molecule has 6 nitrogen and oxygen atoms in total. The Morgan fingerprint density at radius 1 is 0.923 bits per heavy atom. The van der Waals surface area contributed by atoms with Gasteiger partial charge in [-0.2, -0.15) is 4.52 Å². The second-order valence-corrected chi connectivity index (χ2v) is 6.32. The van der Waals surface area contributed by atoms with Crippen LogP contribution in [0.4, 0.5) is 5.95 Å². The summed E-state index contributed by atoms with van der Waals surface area (Å²) in [6.45, 7) is 6.00. The van der Waals surface area contributed by atoms with Gasteiger partial charge in [-0.3, -0.25) is 4.98 Å². The molecule has 6 heteroatoms. The minimum atomic E-state index is 0.331. The number of hydrogen-bond acceptors (Lipinski definition) is 5. The number of anilines is 1. The van der Waals surface area contributed by atoms with Gasteiger partial charge in [0.1, 0.15) is 0 Å². The molecule has 0 saturated heterocycles. The van der Waals surface area contributed by atoms with Crippen LogP contribution >= 0.6 is 0 Å². The van der Waals surface area contributed by atoms with Gasteiger partial charge in [-0.05, 0) is 31.5 Å². The summed E-state index contributed by atoms with van der Waals surface area (Å²) in [7, 11) is 0. The number of aromatic nitrogens is 5. The first-order chi connectivity index (χ1) is 12.6. The first kappa shape index (κ1) is 16.2. The number of aryl methyl sites for hydroxylation is 3. The maximum atomic E-state index is 6.21. The molecule has 0 saturated carbocycles. The topological polar surface area (TPSA) is 82.0 Å². The first-order valence-electron chi connectivity index (χ1n) is 8.63. The van der Waals surface area contributed by atoms with E-state index in [1.165, 1.54) is 0 Å². The quantitative estimate of drug-likeness (QED) is 0.614. The molecule has 0 fully saturated rings. The van der Waals surface area contributed by atoms with E-state index >= 15 is 0 Å². The number of rotatable bonds is 3. The summed E-state index contributed by atoms with van der Waals surface area (Å²) >= 11 is 0. The number of nitrogen functional groups attached to an aromatic ring is 1. The maximum absolute atomic E-state index is 6.21. The van der Waals surface area contributed by atoms with Gasteiger partial charge < -0.3 is 5.73 Å². The second kappa shape index (κ2) is 6.22. The number of nitrogens with two attached hydrogens (primary N) is 1. The normalized spacial score (nSPS) is 11.2. The van der Waals surface area contributed by atoms with Crippen molar-refractivity contribution in [3.05, 3.63) is 59.7 Å². The average Bonchev–Trinajstić information content (AvgIpc) is 3.06. The van der Waals surface area contributed by atoms with Gasteiger partial charge in [0.2, 0.25) is 5.95 Å². The van der Waals surface area contributed by atoms with E-state index in [0.29, 0.717) is 5.95 Å². The molecule has 4 aromatic rings. The van der Waals surface area contributed by atoms with Crippen LogP contribution < -0.4 is 5.73 Å². The van der Waals surface area contributed by atoms with E-state index in [1.54, 1.807) is 4.52 Å². The predicted octanol–water partition coefficient (Wildman–Crippen LogP) is 3.61. The molecular weight excluding hydrogens is 324 g/mol. The fourth-order valence-corrected chi connectivity index (χ4v) is 3.20. The highest BCUT2D eigenvalue weighted by atomic mass is 15.3. The van der Waals surface area contributed by atoms with E-state index in [-0.39, 0.29) is 0 Å². The Bertz CT molecular complexity index is 1080. The van der Waals surface area contributed by atoms with Crippen LogP contribution in [0.2, 0.25) is 0 Å². The molecule has 3 heterocycles. The molecule has 1 aromatic carbocycles. The lowest BCUT2D eigenvalue weighted by Gasteiger charge is -2.13. The number of benzene rings is 1. The fraction of sp³-hybridized carbons (Fsp3) is 0.200. The van der Waals surface area contributed by atoms with Crippen LogP contribution in [0, 0.1) is 13.8 Å². The highest BCUT2D eigenvalue weighted by molar-refractivity contribution is 5.90. The Balaban J connectivity index is 2.13. The van der Waals surface area contributed by atoms with Gasteiger partial charge in [0.25, 0.3) is 0 Å². The Hall–Kier alpha value is -3.28. The third-order valence-corrected chi connectivity index (χ3v) is 4.29. The minimum absolute atomic E-state index is 0.331. The van der Waals surface area contributed by atoms with Gasteiger partial charge in [0.15, 0.2) is 11.5 Å². The van der Waals surface area contributed by atoms with Crippen molar-refractivity contribution in [2.75, 3.05) is 5.73 Å². The van der Waals surface area contributed by atoms with Crippen LogP contribution in [0.1, 0.15) is 24.1 Å². The van der Waals surface area contributed by atoms with Crippen LogP contribution in [-0.4, -0.2) is 24.6 Å². The van der Waals surface area contributed by atoms with Gasteiger partial charge in [-0.15, -0.1) is 5.10 Å². The molecule has 0 aliphatic rings. The van der Waals surface area contributed by atoms with Crippen LogP contribution in [0.15, 0.2) is 42.5 Å². The Kier molecular flexibility index (Phi) is 3.88. The van der Waals surface area contributed by atoms with Crippen molar-refractivity contribution in [2.45, 2.75) is 27.2 Å². The van der Waals surface area contributed by atoms with E-state index in [4.69, 9.17) is 10.7 Å². The molecule has 0 unspecified atom stereocenters. The third-order valence-electron chi connectivity index (χ3n) is 4.29. The van der Waals surface area contributed by atoms with E-state index < -0.39 is 0 Å². The van der Waals surface area contributed by atoms with Gasteiger partial charge in [0.05, 0.1) is 11.3 Å². The number of fused-ring (bicyclic) bond motifs is 1. The molecule has 0 aliphatic heterocycles. The van der Waals surface area contributed by atoms with E-state index in [1.807, 2.05) is 63.2 Å². The molecule has 0 bridgehead atoms. The second-order valence-electron chi connectivity index (χ2n) is 6.32. The molecule has 0 spiro atoms. The van der Waals surface area contributed by atoms with E-state index in [2.05, 4.69) is 15.1 Å². The lowest BCUT2D eigenvalue weighted by molar-refractivity contribution is 0.879. The highest BCUT2D eigenvalue weighted by Crippen LogP contribution is 2.35. The summed E-state index contributed by atoms with van der Waals surface area (Å²) in [6.07, 6.45) is 0.732. The van der Waals surface area contributed by atoms with Gasteiger partial charge >= 0.3 is 0 Å².